The molecule has 0 spiro atoms. The summed E-state index contributed by atoms with van der Waals surface area (Å²) in [4.78, 5) is 12.0. The second-order valence-electron chi connectivity index (χ2n) is 4.03. The Morgan fingerprint density at radius 1 is 1.67 bits per heavy atom. The van der Waals surface area contributed by atoms with Crippen molar-refractivity contribution in [2.24, 2.45) is 0 Å². The van der Waals surface area contributed by atoms with Gasteiger partial charge < -0.3 is 15.1 Å². The molecule has 0 aliphatic carbocycles. The highest BCUT2D eigenvalue weighted by molar-refractivity contribution is 5.65. The SMILES string of the molecule is CCCC(F)C1CC(O)CCN1C(=O)O. The first-order valence-corrected chi connectivity index (χ1v) is 5.38. The first-order chi connectivity index (χ1) is 7.06. The lowest BCUT2D eigenvalue weighted by Gasteiger charge is -2.37. The summed E-state index contributed by atoms with van der Waals surface area (Å²) in [5.41, 5.74) is 0. The number of aliphatic hydroxyl groups excluding tert-OH is 1. The van der Waals surface area contributed by atoms with Gasteiger partial charge in [0, 0.05) is 6.54 Å². The molecule has 1 aliphatic heterocycles. The van der Waals surface area contributed by atoms with Crippen LogP contribution in [0.2, 0.25) is 0 Å². The van der Waals surface area contributed by atoms with Crippen molar-refractivity contribution in [2.45, 2.75) is 50.9 Å². The fourth-order valence-electron chi connectivity index (χ4n) is 2.03. The van der Waals surface area contributed by atoms with Crippen LogP contribution in [0.1, 0.15) is 32.6 Å². The largest absolute Gasteiger partial charge is 0.465 e. The maximum atomic E-state index is 13.7. The summed E-state index contributed by atoms with van der Waals surface area (Å²) in [7, 11) is 0. The Balaban J connectivity index is 2.65. The Hall–Kier alpha value is -0.840. The molecule has 0 aromatic carbocycles. The summed E-state index contributed by atoms with van der Waals surface area (Å²) < 4.78 is 13.7. The van der Waals surface area contributed by atoms with Crippen LogP contribution in [0.15, 0.2) is 0 Å². The van der Waals surface area contributed by atoms with Gasteiger partial charge in [0.05, 0.1) is 12.1 Å². The Bertz CT molecular complexity index is 225. The molecule has 1 saturated heterocycles. The standard InChI is InChI=1S/C10H18FNO3/c1-2-3-8(11)9-6-7(13)4-5-12(9)10(14)15/h7-9,13H,2-6H2,1H3,(H,14,15). The van der Waals surface area contributed by atoms with Crippen molar-refractivity contribution in [1.29, 1.82) is 0 Å². The van der Waals surface area contributed by atoms with Crippen molar-refractivity contribution in [3.63, 3.8) is 0 Å². The summed E-state index contributed by atoms with van der Waals surface area (Å²) in [5.74, 6) is 0. The fraction of sp³-hybridized carbons (Fsp3) is 0.900. The van der Waals surface area contributed by atoms with Crippen LogP contribution in [0.3, 0.4) is 0 Å². The first-order valence-electron chi connectivity index (χ1n) is 5.38. The van der Waals surface area contributed by atoms with Gasteiger partial charge >= 0.3 is 6.09 Å². The minimum Gasteiger partial charge on any atom is -0.465 e. The zero-order chi connectivity index (χ0) is 11.4. The van der Waals surface area contributed by atoms with E-state index in [2.05, 4.69) is 0 Å². The maximum absolute atomic E-state index is 13.7. The van der Waals surface area contributed by atoms with E-state index in [1.807, 2.05) is 6.92 Å². The third-order valence-electron chi connectivity index (χ3n) is 2.84. The molecular weight excluding hydrogens is 201 g/mol. The second-order valence-corrected chi connectivity index (χ2v) is 4.03. The number of carboxylic acid groups (broad SMARTS) is 1. The lowest BCUT2D eigenvalue weighted by Crippen LogP contribution is -2.51. The van der Waals surface area contributed by atoms with Crippen LogP contribution in [0.4, 0.5) is 9.18 Å². The van der Waals surface area contributed by atoms with E-state index in [0.717, 1.165) is 4.90 Å². The Morgan fingerprint density at radius 2 is 2.33 bits per heavy atom. The van der Waals surface area contributed by atoms with Gasteiger partial charge in [-0.3, -0.25) is 0 Å². The Kier molecular flexibility index (Phi) is 4.32. The monoisotopic (exact) mass is 219 g/mol. The molecule has 3 atom stereocenters. The Morgan fingerprint density at radius 3 is 2.87 bits per heavy atom. The molecule has 1 rings (SSSR count). The van der Waals surface area contributed by atoms with Crippen LogP contribution >= 0.6 is 0 Å². The quantitative estimate of drug-likeness (QED) is 0.758. The summed E-state index contributed by atoms with van der Waals surface area (Å²) in [6.07, 6.45) is -1.18. The first kappa shape index (κ1) is 12.2. The van der Waals surface area contributed by atoms with Gasteiger partial charge in [0.2, 0.25) is 0 Å². The smallest absolute Gasteiger partial charge is 0.407 e. The van der Waals surface area contributed by atoms with Gasteiger partial charge in [0.15, 0.2) is 0 Å². The molecule has 2 N–H and O–H groups in total. The molecule has 15 heavy (non-hydrogen) atoms. The van der Waals surface area contributed by atoms with Crippen LogP contribution in [-0.2, 0) is 0 Å². The van der Waals surface area contributed by atoms with Crippen molar-refractivity contribution in [2.75, 3.05) is 6.54 Å². The molecule has 1 aliphatic rings. The molecule has 0 saturated carbocycles. The lowest BCUT2D eigenvalue weighted by atomic mass is 9.94. The van der Waals surface area contributed by atoms with E-state index in [1.54, 1.807) is 0 Å². The summed E-state index contributed by atoms with van der Waals surface area (Å²) in [6.45, 7) is 2.09. The van der Waals surface area contributed by atoms with Crippen molar-refractivity contribution < 1.29 is 19.4 Å². The molecular formula is C10H18FNO3. The van der Waals surface area contributed by atoms with Gasteiger partial charge in [0.1, 0.15) is 6.17 Å². The number of hydrogen-bond acceptors (Lipinski definition) is 2. The number of likely N-dealkylation sites (tertiary alicyclic amines) is 1. The van der Waals surface area contributed by atoms with Crippen molar-refractivity contribution in [3.05, 3.63) is 0 Å². The molecule has 4 nitrogen and oxygen atoms in total. The Labute approximate surface area is 88.7 Å². The third kappa shape index (κ3) is 3.06. The number of halogens is 1. The van der Waals surface area contributed by atoms with Crippen molar-refractivity contribution in [3.8, 4) is 0 Å². The van der Waals surface area contributed by atoms with Crippen LogP contribution in [-0.4, -0.2) is 46.1 Å². The molecule has 0 aromatic heterocycles. The van der Waals surface area contributed by atoms with Crippen LogP contribution in [0, 0.1) is 0 Å². The van der Waals surface area contributed by atoms with Gasteiger partial charge in [-0.1, -0.05) is 13.3 Å². The molecule has 88 valence electrons. The molecule has 1 fully saturated rings. The summed E-state index contributed by atoms with van der Waals surface area (Å²) in [6, 6.07) is -0.675. The van der Waals surface area contributed by atoms with Gasteiger partial charge in [-0.2, -0.15) is 0 Å². The number of piperidine rings is 1. The van der Waals surface area contributed by atoms with Crippen molar-refractivity contribution in [1.82, 2.24) is 4.90 Å². The van der Waals surface area contributed by atoms with Gasteiger partial charge in [-0.15, -0.1) is 0 Å². The number of nitrogens with zero attached hydrogens (tertiary/aromatic N) is 1. The van der Waals surface area contributed by atoms with E-state index in [1.165, 1.54) is 0 Å². The molecule has 3 unspecified atom stereocenters. The van der Waals surface area contributed by atoms with Gasteiger partial charge in [-0.25, -0.2) is 9.18 Å². The van der Waals surface area contributed by atoms with E-state index in [4.69, 9.17) is 5.11 Å². The number of hydrogen-bond donors (Lipinski definition) is 2. The minimum atomic E-state index is -1.17. The van der Waals surface area contributed by atoms with Crippen LogP contribution < -0.4 is 0 Å². The molecule has 1 heterocycles. The highest BCUT2D eigenvalue weighted by Gasteiger charge is 2.35. The zero-order valence-electron chi connectivity index (χ0n) is 8.90. The molecule has 5 heteroatoms. The zero-order valence-corrected chi connectivity index (χ0v) is 8.90. The lowest BCUT2D eigenvalue weighted by molar-refractivity contribution is 0.0110. The molecule has 1 amide bonds. The van der Waals surface area contributed by atoms with Crippen LogP contribution in [0.5, 0.6) is 0 Å². The third-order valence-corrected chi connectivity index (χ3v) is 2.84. The normalized spacial score (nSPS) is 28.9. The predicted molar refractivity (Wildman–Crippen MR) is 53.6 cm³/mol. The number of rotatable bonds is 3. The van der Waals surface area contributed by atoms with Crippen LogP contribution in [0.25, 0.3) is 0 Å². The number of carbonyl (C=O) groups is 1. The second kappa shape index (κ2) is 5.30. The maximum Gasteiger partial charge on any atom is 0.407 e. The van der Waals surface area contributed by atoms with E-state index in [0.29, 0.717) is 19.3 Å². The van der Waals surface area contributed by atoms with Crippen molar-refractivity contribution >= 4 is 6.09 Å². The number of amides is 1. The minimum absolute atomic E-state index is 0.216. The highest BCUT2D eigenvalue weighted by Crippen LogP contribution is 2.24. The predicted octanol–water partition coefficient (Wildman–Crippen LogP) is 1.63. The van der Waals surface area contributed by atoms with Gasteiger partial charge in [0.25, 0.3) is 0 Å². The highest BCUT2D eigenvalue weighted by atomic mass is 19.1. The number of alkyl halides is 1. The van der Waals surface area contributed by atoms with E-state index in [9.17, 15) is 14.3 Å². The molecule has 0 radical (unpaired) electrons. The fourth-order valence-corrected chi connectivity index (χ4v) is 2.03. The molecule has 0 aromatic rings. The van der Waals surface area contributed by atoms with E-state index >= 15 is 0 Å². The van der Waals surface area contributed by atoms with E-state index < -0.39 is 24.4 Å². The number of aliphatic hydroxyl groups is 1. The topological polar surface area (TPSA) is 60.8 Å². The summed E-state index contributed by atoms with van der Waals surface area (Å²) in [5, 5.41) is 18.3. The van der Waals surface area contributed by atoms with Gasteiger partial charge in [-0.05, 0) is 19.3 Å². The van der Waals surface area contributed by atoms with E-state index in [-0.39, 0.29) is 13.0 Å². The summed E-state index contributed by atoms with van der Waals surface area (Å²) >= 11 is 0. The molecule has 0 bridgehead atoms. The average Bonchev–Trinajstić information content (AvgIpc) is 2.17. The average molecular weight is 219 g/mol.